The van der Waals surface area contributed by atoms with E-state index in [1.807, 2.05) is 0 Å². The van der Waals surface area contributed by atoms with Crippen molar-refractivity contribution in [2.45, 2.75) is 43.6 Å². The predicted molar refractivity (Wildman–Crippen MR) is 82.3 cm³/mol. The number of likely N-dealkylation sites (N-methyl/N-ethyl adjacent to an activating group) is 1. The molecule has 0 spiro atoms. The van der Waals surface area contributed by atoms with E-state index in [0.717, 1.165) is 13.5 Å². The van der Waals surface area contributed by atoms with E-state index in [1.165, 1.54) is 19.2 Å². The van der Waals surface area contributed by atoms with Crippen molar-refractivity contribution in [3.05, 3.63) is 29.8 Å². The van der Waals surface area contributed by atoms with Gasteiger partial charge in [0.2, 0.25) is 0 Å². The summed E-state index contributed by atoms with van der Waals surface area (Å²) in [5, 5.41) is 11.4. The molecule has 0 bridgehead atoms. The van der Waals surface area contributed by atoms with Gasteiger partial charge >= 0.3 is 0 Å². The van der Waals surface area contributed by atoms with E-state index in [2.05, 4.69) is 0 Å². The summed E-state index contributed by atoms with van der Waals surface area (Å²) in [7, 11) is 2.63. The van der Waals surface area contributed by atoms with Crippen molar-refractivity contribution < 1.29 is 18.1 Å². The van der Waals surface area contributed by atoms with Crippen LogP contribution >= 0.6 is 0 Å². The molecule has 2 rings (SSSR count). The maximum atomic E-state index is 11.4. The van der Waals surface area contributed by atoms with Crippen molar-refractivity contribution in [3.8, 4) is 5.75 Å². The van der Waals surface area contributed by atoms with Crippen LogP contribution in [0.5, 0.6) is 5.75 Å². The van der Waals surface area contributed by atoms with Crippen LogP contribution in [0.4, 0.5) is 0 Å². The van der Waals surface area contributed by atoms with E-state index in [-0.39, 0.29) is 18.4 Å². The molecule has 1 saturated carbocycles. The fraction of sp³-hybridized carbons (Fsp3) is 0.647. The molecule has 1 fully saturated rings. The molecule has 1 aromatic carbocycles. The topological polar surface area (TPSA) is 32.7 Å². The maximum Gasteiger partial charge on any atom is 0.118 e. The van der Waals surface area contributed by atoms with Gasteiger partial charge in [0.25, 0.3) is 0 Å². The van der Waals surface area contributed by atoms with E-state index in [0.29, 0.717) is 23.5 Å². The maximum absolute atomic E-state index is 11.4. The quantitative estimate of drug-likeness (QED) is 0.901. The SMILES string of the molecule is [2H]C([2H])([2H])N(C)C([2H])([2H])[C@]([2H])(c1ccc(OC)cc1)C1(O)CCCCC1. The number of hydrogen-bond donors (Lipinski definition) is 1. The van der Waals surface area contributed by atoms with Gasteiger partial charge < -0.3 is 14.7 Å². The Labute approximate surface area is 131 Å². The van der Waals surface area contributed by atoms with Gasteiger partial charge in [-0.1, -0.05) is 31.4 Å². The first-order valence-electron chi connectivity index (χ1n) is 10.0. The van der Waals surface area contributed by atoms with Gasteiger partial charge in [-0.3, -0.25) is 0 Å². The lowest BCUT2D eigenvalue weighted by Gasteiger charge is -2.40. The third kappa shape index (κ3) is 3.53. The number of ether oxygens (including phenoxy) is 1. The van der Waals surface area contributed by atoms with E-state index in [9.17, 15) is 5.11 Å². The van der Waals surface area contributed by atoms with Crippen LogP contribution < -0.4 is 4.74 Å². The molecule has 0 unspecified atom stereocenters. The first-order chi connectivity index (χ1) is 11.9. The summed E-state index contributed by atoms with van der Waals surface area (Å²) in [4.78, 5) is 0.573. The Hall–Kier alpha value is -1.06. The minimum atomic E-state index is -2.74. The van der Waals surface area contributed by atoms with Gasteiger partial charge in [0.05, 0.1) is 12.7 Å². The van der Waals surface area contributed by atoms with Crippen LogP contribution in [0.15, 0.2) is 24.3 Å². The number of methoxy groups -OCH3 is 1. The van der Waals surface area contributed by atoms with E-state index in [4.69, 9.17) is 13.0 Å². The number of nitrogens with zero attached hydrogens (tertiary/aromatic N) is 1. The second-order valence-corrected chi connectivity index (χ2v) is 5.37. The summed E-state index contributed by atoms with van der Waals surface area (Å²) in [6, 6.07) is 6.25. The first kappa shape index (κ1) is 9.06. The second kappa shape index (κ2) is 6.59. The third-order valence-electron chi connectivity index (χ3n) is 3.80. The molecule has 112 valence electrons. The molecule has 0 heterocycles. The summed E-state index contributed by atoms with van der Waals surface area (Å²) in [5.41, 5.74) is -1.45. The van der Waals surface area contributed by atoms with Crippen molar-refractivity contribution >= 4 is 0 Å². The van der Waals surface area contributed by atoms with Gasteiger partial charge in [0, 0.05) is 20.6 Å². The van der Waals surface area contributed by atoms with Crippen LogP contribution in [0, 0.1) is 0 Å². The second-order valence-electron chi connectivity index (χ2n) is 5.37. The van der Waals surface area contributed by atoms with Gasteiger partial charge in [-0.25, -0.2) is 0 Å². The molecule has 0 aliphatic heterocycles. The van der Waals surface area contributed by atoms with Crippen molar-refractivity contribution in [2.75, 3.05) is 27.6 Å². The monoisotopic (exact) mass is 283 g/mol. The lowest BCUT2D eigenvalue weighted by molar-refractivity contribution is -0.0277. The number of hydrogen-bond acceptors (Lipinski definition) is 3. The van der Waals surface area contributed by atoms with Crippen LogP contribution in [0.2, 0.25) is 0 Å². The Morgan fingerprint density at radius 3 is 2.60 bits per heavy atom. The number of aliphatic hydroxyl groups is 1. The number of rotatable bonds is 5. The fourth-order valence-electron chi connectivity index (χ4n) is 2.75. The summed E-state index contributed by atoms with van der Waals surface area (Å²) >= 11 is 0. The van der Waals surface area contributed by atoms with E-state index in [1.54, 1.807) is 12.1 Å². The van der Waals surface area contributed by atoms with E-state index < -0.39 is 25.0 Å². The summed E-state index contributed by atoms with van der Waals surface area (Å²) in [5.74, 6) is -1.65. The minimum absolute atomic E-state index is 0.226. The molecule has 1 aliphatic rings. The summed E-state index contributed by atoms with van der Waals surface area (Å²) in [6.07, 6.45) is 2.73. The van der Waals surface area contributed by atoms with Crippen LogP contribution in [-0.2, 0) is 0 Å². The fourth-order valence-corrected chi connectivity index (χ4v) is 2.75. The molecule has 3 heteroatoms. The standard InChI is InChI=1S/C17H27NO2/c1-18(2)13-16(17(19)11-5-4-6-12-17)14-7-9-15(20-3)10-8-14/h7-10,16,19H,4-6,11-13H2,1-3H3/t16-/m1/s1/i1D3,13D2,16D. The van der Waals surface area contributed by atoms with Crippen molar-refractivity contribution in [1.29, 1.82) is 0 Å². The van der Waals surface area contributed by atoms with Gasteiger partial charge in [0.15, 0.2) is 0 Å². The molecule has 0 radical (unpaired) electrons. The molecule has 1 aromatic rings. The molecular formula is C17H27NO2. The summed E-state index contributed by atoms with van der Waals surface area (Å²) < 4.78 is 54.3. The van der Waals surface area contributed by atoms with Crippen LogP contribution in [0.25, 0.3) is 0 Å². The third-order valence-corrected chi connectivity index (χ3v) is 3.80. The van der Waals surface area contributed by atoms with Crippen molar-refractivity contribution in [2.24, 2.45) is 0 Å². The van der Waals surface area contributed by atoms with Crippen molar-refractivity contribution in [1.82, 2.24) is 4.90 Å². The Morgan fingerprint density at radius 2 is 2.05 bits per heavy atom. The molecule has 0 aromatic heterocycles. The highest BCUT2D eigenvalue weighted by Crippen LogP contribution is 2.40. The molecule has 1 N–H and O–H groups in total. The number of benzene rings is 1. The molecule has 20 heavy (non-hydrogen) atoms. The molecular weight excluding hydrogens is 250 g/mol. The Morgan fingerprint density at radius 1 is 1.40 bits per heavy atom. The average molecular weight is 283 g/mol. The Kier molecular flexibility index (Phi) is 2.99. The van der Waals surface area contributed by atoms with Gasteiger partial charge in [-0.2, -0.15) is 0 Å². The van der Waals surface area contributed by atoms with E-state index >= 15 is 0 Å². The normalized spacial score (nSPS) is 27.2. The lowest BCUT2D eigenvalue weighted by atomic mass is 9.72. The largest absolute Gasteiger partial charge is 0.497 e. The van der Waals surface area contributed by atoms with Gasteiger partial charge in [0.1, 0.15) is 5.75 Å². The molecule has 1 aliphatic carbocycles. The molecule has 0 amide bonds. The minimum Gasteiger partial charge on any atom is -0.497 e. The van der Waals surface area contributed by atoms with Gasteiger partial charge in [-0.05, 0) is 44.6 Å². The van der Waals surface area contributed by atoms with Crippen LogP contribution in [0.3, 0.4) is 0 Å². The van der Waals surface area contributed by atoms with Gasteiger partial charge in [-0.15, -0.1) is 0 Å². The Balaban J connectivity index is 2.64. The lowest BCUT2D eigenvalue weighted by Crippen LogP contribution is -2.42. The Bertz CT molecular complexity index is 613. The summed E-state index contributed by atoms with van der Waals surface area (Å²) in [6.45, 7) is -5.38. The highest BCUT2D eigenvalue weighted by molar-refractivity contribution is 5.31. The predicted octanol–water partition coefficient (Wildman–Crippen LogP) is 3.04. The molecule has 1 atom stereocenters. The smallest absolute Gasteiger partial charge is 0.118 e. The zero-order chi connectivity index (χ0) is 19.8. The van der Waals surface area contributed by atoms with Crippen LogP contribution in [0.1, 0.15) is 51.8 Å². The van der Waals surface area contributed by atoms with Crippen LogP contribution in [-0.4, -0.2) is 43.2 Å². The zero-order valence-electron chi connectivity index (χ0n) is 18.1. The average Bonchev–Trinajstić information content (AvgIpc) is 2.60. The van der Waals surface area contributed by atoms with Crippen molar-refractivity contribution in [3.63, 3.8) is 0 Å². The molecule has 0 saturated heterocycles. The zero-order valence-corrected chi connectivity index (χ0v) is 12.1. The first-order valence-corrected chi connectivity index (χ1v) is 7.01. The highest BCUT2D eigenvalue weighted by atomic mass is 16.5. The highest BCUT2D eigenvalue weighted by Gasteiger charge is 2.38. The molecule has 3 nitrogen and oxygen atoms in total.